The van der Waals surface area contributed by atoms with Crippen LogP contribution in [-0.2, 0) is 25.6 Å². The molecule has 186 valence electrons. The van der Waals surface area contributed by atoms with Gasteiger partial charge in [-0.2, -0.15) is 18.4 Å². The Kier molecular flexibility index (Phi) is 6.52. The normalized spacial score (nSPS) is 23.6. The van der Waals surface area contributed by atoms with Crippen LogP contribution in [0.3, 0.4) is 0 Å². The van der Waals surface area contributed by atoms with Crippen LogP contribution in [0, 0.1) is 22.2 Å². The van der Waals surface area contributed by atoms with Crippen LogP contribution in [0.4, 0.5) is 13.2 Å². The first-order valence-corrected chi connectivity index (χ1v) is 12.4. The zero-order chi connectivity index (χ0) is 25.4. The number of nitriles is 1. The third-order valence-corrected chi connectivity index (χ3v) is 8.34. The zero-order valence-electron chi connectivity index (χ0n) is 19.7. The van der Waals surface area contributed by atoms with E-state index in [1.165, 1.54) is 18.5 Å². The molecule has 2 aromatic carbocycles. The maximum atomic E-state index is 13.8. The topological polar surface area (TPSA) is 52.8 Å². The summed E-state index contributed by atoms with van der Waals surface area (Å²) < 4.78 is 41.5. The Morgan fingerprint density at radius 2 is 1.86 bits per heavy atom. The van der Waals surface area contributed by atoms with E-state index in [0.29, 0.717) is 29.0 Å². The highest BCUT2D eigenvalue weighted by Gasteiger charge is 2.67. The van der Waals surface area contributed by atoms with Crippen molar-refractivity contribution in [1.82, 2.24) is 14.9 Å². The molecule has 1 saturated carbocycles. The van der Waals surface area contributed by atoms with Gasteiger partial charge in [0, 0.05) is 31.0 Å². The Bertz CT molecular complexity index is 1290. The lowest BCUT2D eigenvalue weighted by Crippen LogP contribution is -2.25. The van der Waals surface area contributed by atoms with E-state index >= 15 is 0 Å². The number of nitrogens with zero attached hydrogens (tertiary/aromatic N) is 4. The molecule has 8 heteroatoms. The number of benzene rings is 2. The van der Waals surface area contributed by atoms with Crippen LogP contribution in [0.15, 0.2) is 61.2 Å². The Labute approximate surface area is 213 Å². The number of halogens is 4. The highest BCUT2D eigenvalue weighted by Crippen LogP contribution is 2.72. The first kappa shape index (κ1) is 24.7. The Morgan fingerprint density at radius 1 is 1.08 bits per heavy atom. The largest absolute Gasteiger partial charge is 0.416 e. The molecule has 0 amide bonds. The molecule has 1 aliphatic heterocycles. The first-order valence-electron chi connectivity index (χ1n) is 12.0. The highest BCUT2D eigenvalue weighted by atomic mass is 35.5. The molecule has 1 unspecified atom stereocenters. The average molecular weight is 511 g/mol. The van der Waals surface area contributed by atoms with Crippen molar-refractivity contribution < 1.29 is 13.2 Å². The van der Waals surface area contributed by atoms with Crippen LogP contribution < -0.4 is 0 Å². The standard InChI is InChI=1S/C28H26ClF3N4/c29-25-11-20(5-6-23(25)13-33)7-8-26(12-22-3-1-2-4-24(22)28(30,31)32)17-27(26)9-10-36(18-27)16-21-14-34-19-35-15-21/h1-6,11,14-15,19H,7-10,12,16-18H2/t26?,27-/m0/s1. The fraction of sp³-hybridized carbons (Fsp3) is 0.393. The molecule has 1 saturated heterocycles. The van der Waals surface area contributed by atoms with Gasteiger partial charge in [0.25, 0.3) is 0 Å². The predicted molar refractivity (Wildman–Crippen MR) is 131 cm³/mol. The van der Waals surface area contributed by atoms with E-state index in [-0.39, 0.29) is 10.8 Å². The predicted octanol–water partition coefficient (Wildman–Crippen LogP) is 6.48. The highest BCUT2D eigenvalue weighted by molar-refractivity contribution is 6.31. The molecule has 1 spiro atoms. The van der Waals surface area contributed by atoms with Crippen molar-refractivity contribution in [3.05, 3.63) is 94.0 Å². The van der Waals surface area contributed by atoms with E-state index in [9.17, 15) is 13.2 Å². The number of rotatable bonds is 7. The first-order chi connectivity index (χ1) is 17.2. The van der Waals surface area contributed by atoms with Crippen LogP contribution in [-0.4, -0.2) is 28.0 Å². The zero-order valence-corrected chi connectivity index (χ0v) is 20.5. The molecule has 5 rings (SSSR count). The quantitative estimate of drug-likeness (QED) is 0.365. The summed E-state index contributed by atoms with van der Waals surface area (Å²) >= 11 is 6.25. The van der Waals surface area contributed by atoms with Crippen LogP contribution in [0.2, 0.25) is 5.02 Å². The summed E-state index contributed by atoms with van der Waals surface area (Å²) in [6, 6.07) is 13.5. The average Bonchev–Trinajstić information content (AvgIpc) is 3.25. The lowest BCUT2D eigenvalue weighted by molar-refractivity contribution is -0.138. The van der Waals surface area contributed by atoms with Crippen LogP contribution in [0.1, 0.15) is 47.1 Å². The summed E-state index contributed by atoms with van der Waals surface area (Å²) in [5.74, 6) is 0. The van der Waals surface area contributed by atoms with E-state index in [1.54, 1.807) is 18.2 Å². The summed E-state index contributed by atoms with van der Waals surface area (Å²) in [5, 5.41) is 9.58. The van der Waals surface area contributed by atoms with E-state index < -0.39 is 11.7 Å². The number of aryl methyl sites for hydroxylation is 1. The van der Waals surface area contributed by atoms with E-state index in [1.807, 2.05) is 24.5 Å². The van der Waals surface area contributed by atoms with Crippen molar-refractivity contribution >= 4 is 11.6 Å². The second kappa shape index (κ2) is 9.49. The summed E-state index contributed by atoms with van der Waals surface area (Å²) in [6.45, 7) is 2.49. The second-order valence-electron chi connectivity index (χ2n) is 10.2. The van der Waals surface area contributed by atoms with Gasteiger partial charge in [-0.25, -0.2) is 9.97 Å². The van der Waals surface area contributed by atoms with Gasteiger partial charge in [-0.05, 0) is 78.8 Å². The van der Waals surface area contributed by atoms with Gasteiger partial charge in [0.1, 0.15) is 12.4 Å². The number of hydrogen-bond donors (Lipinski definition) is 0. The minimum atomic E-state index is -4.38. The molecule has 36 heavy (non-hydrogen) atoms. The van der Waals surface area contributed by atoms with Crippen LogP contribution >= 0.6 is 11.6 Å². The monoisotopic (exact) mass is 510 g/mol. The van der Waals surface area contributed by atoms with Crippen molar-refractivity contribution in [3.63, 3.8) is 0 Å². The molecule has 4 nitrogen and oxygen atoms in total. The van der Waals surface area contributed by atoms with Crippen molar-refractivity contribution in [2.75, 3.05) is 13.1 Å². The van der Waals surface area contributed by atoms with Gasteiger partial charge in [-0.1, -0.05) is 35.9 Å². The van der Waals surface area contributed by atoms with Crippen molar-refractivity contribution in [3.8, 4) is 6.07 Å². The van der Waals surface area contributed by atoms with E-state index in [0.717, 1.165) is 50.0 Å². The minimum Gasteiger partial charge on any atom is -0.298 e. The third kappa shape index (κ3) is 4.85. The number of hydrogen-bond acceptors (Lipinski definition) is 4. The maximum Gasteiger partial charge on any atom is 0.416 e. The van der Waals surface area contributed by atoms with Gasteiger partial charge in [-0.3, -0.25) is 4.90 Å². The summed E-state index contributed by atoms with van der Waals surface area (Å²) in [6.07, 6.45) is 4.48. The van der Waals surface area contributed by atoms with Gasteiger partial charge < -0.3 is 0 Å². The molecule has 0 N–H and O–H groups in total. The second-order valence-corrected chi connectivity index (χ2v) is 10.6. The van der Waals surface area contributed by atoms with Gasteiger partial charge >= 0.3 is 6.18 Å². The van der Waals surface area contributed by atoms with Crippen molar-refractivity contribution in [1.29, 1.82) is 5.26 Å². The van der Waals surface area contributed by atoms with E-state index in [4.69, 9.17) is 16.9 Å². The van der Waals surface area contributed by atoms with Gasteiger partial charge in [0.05, 0.1) is 16.1 Å². The number of likely N-dealkylation sites (tertiary alicyclic amines) is 1. The molecule has 2 fully saturated rings. The molecule has 0 bridgehead atoms. The fourth-order valence-electron chi connectivity index (χ4n) is 6.14. The van der Waals surface area contributed by atoms with Crippen molar-refractivity contribution in [2.24, 2.45) is 10.8 Å². The number of aromatic nitrogens is 2. The molecule has 1 aromatic heterocycles. The molecule has 2 heterocycles. The molecule has 3 aromatic rings. The van der Waals surface area contributed by atoms with Gasteiger partial charge in [-0.15, -0.1) is 0 Å². The molecular formula is C28H26ClF3N4. The van der Waals surface area contributed by atoms with Gasteiger partial charge in [0.15, 0.2) is 0 Å². The lowest BCUT2D eigenvalue weighted by Gasteiger charge is -2.25. The molecule has 1 aliphatic carbocycles. The SMILES string of the molecule is N#Cc1ccc(CCC2(Cc3ccccc3C(F)(F)F)C[C@]23CCN(Cc2cncnc2)C3)cc1Cl. The summed E-state index contributed by atoms with van der Waals surface area (Å²) in [5.41, 5.74) is 2.05. The minimum absolute atomic E-state index is 0.0161. The molecule has 0 radical (unpaired) electrons. The smallest absolute Gasteiger partial charge is 0.298 e. The lowest BCUT2D eigenvalue weighted by atomic mass is 9.80. The van der Waals surface area contributed by atoms with Crippen molar-refractivity contribution in [2.45, 2.75) is 44.8 Å². The number of alkyl halides is 3. The van der Waals surface area contributed by atoms with Crippen LogP contribution in [0.5, 0.6) is 0 Å². The Hall–Kier alpha value is -2.95. The summed E-state index contributed by atoms with van der Waals surface area (Å²) in [4.78, 5) is 10.6. The molecule has 2 atom stereocenters. The molecule has 2 aliphatic rings. The van der Waals surface area contributed by atoms with Gasteiger partial charge in [0.2, 0.25) is 0 Å². The Balaban J connectivity index is 1.40. The Morgan fingerprint density at radius 3 is 2.58 bits per heavy atom. The van der Waals surface area contributed by atoms with Crippen LogP contribution in [0.25, 0.3) is 0 Å². The maximum absolute atomic E-state index is 13.8. The third-order valence-electron chi connectivity index (χ3n) is 8.03. The fourth-order valence-corrected chi connectivity index (χ4v) is 6.39. The summed E-state index contributed by atoms with van der Waals surface area (Å²) in [7, 11) is 0. The molecular weight excluding hydrogens is 485 g/mol. The van der Waals surface area contributed by atoms with E-state index in [2.05, 4.69) is 20.9 Å².